The second-order valence-electron chi connectivity index (χ2n) is 9.62. The van der Waals surface area contributed by atoms with Crippen LogP contribution in [0.4, 0.5) is 0 Å². The van der Waals surface area contributed by atoms with Crippen molar-refractivity contribution in [2.45, 2.75) is 38.3 Å². The number of piperazine rings is 1. The van der Waals surface area contributed by atoms with E-state index in [2.05, 4.69) is 44.4 Å². The fourth-order valence-electron chi connectivity index (χ4n) is 5.13. The van der Waals surface area contributed by atoms with E-state index in [-0.39, 0.29) is 18.6 Å². The number of aliphatic hydroxyl groups excluding tert-OH is 1. The molecule has 1 aliphatic carbocycles. The number of nitrogens with one attached hydrogen (secondary N) is 1. The molecule has 5 rings (SSSR count). The van der Waals surface area contributed by atoms with Crippen LogP contribution in [0.3, 0.4) is 0 Å². The summed E-state index contributed by atoms with van der Waals surface area (Å²) in [6.45, 7) is 6.55. The lowest BCUT2D eigenvalue weighted by Gasteiger charge is -2.35. The van der Waals surface area contributed by atoms with Crippen LogP contribution in [-0.2, 0) is 11.2 Å². The number of aliphatic hydroxyl groups is 1. The Bertz CT molecular complexity index is 1160. The predicted molar refractivity (Wildman–Crippen MR) is 139 cm³/mol. The van der Waals surface area contributed by atoms with Crippen molar-refractivity contribution in [3.05, 3.63) is 58.6 Å². The van der Waals surface area contributed by atoms with Gasteiger partial charge in [0, 0.05) is 38.8 Å². The minimum atomic E-state index is -0.566. The SMILES string of the molecule is Cc1nc2cc(OC[C@H](O)CN3CCN(CC(=O)N[C@H]4CCCc5ccccc54)CC3)ccc2s1. The smallest absolute Gasteiger partial charge is 0.234 e. The summed E-state index contributed by atoms with van der Waals surface area (Å²) >= 11 is 1.67. The highest BCUT2D eigenvalue weighted by Gasteiger charge is 2.24. The number of carbonyl (C=O) groups is 1. The van der Waals surface area contributed by atoms with Crippen LogP contribution >= 0.6 is 11.3 Å². The Morgan fingerprint density at radius 3 is 2.86 bits per heavy atom. The van der Waals surface area contributed by atoms with Crippen LogP contribution < -0.4 is 10.1 Å². The van der Waals surface area contributed by atoms with Crippen LogP contribution in [0, 0.1) is 6.92 Å². The fraction of sp³-hybridized carbons (Fsp3) is 0.481. The molecule has 0 spiro atoms. The van der Waals surface area contributed by atoms with Gasteiger partial charge in [0.15, 0.2) is 0 Å². The van der Waals surface area contributed by atoms with E-state index in [0.717, 1.165) is 66.4 Å². The summed E-state index contributed by atoms with van der Waals surface area (Å²) in [4.78, 5) is 21.7. The van der Waals surface area contributed by atoms with E-state index >= 15 is 0 Å². The molecule has 2 N–H and O–H groups in total. The van der Waals surface area contributed by atoms with Crippen LogP contribution in [0.25, 0.3) is 10.2 Å². The topological polar surface area (TPSA) is 77.9 Å². The van der Waals surface area contributed by atoms with E-state index in [1.807, 2.05) is 25.1 Å². The van der Waals surface area contributed by atoms with Gasteiger partial charge in [0.25, 0.3) is 0 Å². The van der Waals surface area contributed by atoms with Crippen molar-refractivity contribution in [3.8, 4) is 5.75 Å². The summed E-state index contributed by atoms with van der Waals surface area (Å²) in [6.07, 6.45) is 2.66. The third-order valence-electron chi connectivity index (χ3n) is 6.91. The van der Waals surface area contributed by atoms with Gasteiger partial charge in [-0.25, -0.2) is 4.98 Å². The molecule has 2 atom stereocenters. The molecule has 1 aromatic heterocycles. The number of carbonyl (C=O) groups excluding carboxylic acids is 1. The highest BCUT2D eigenvalue weighted by Crippen LogP contribution is 2.29. The van der Waals surface area contributed by atoms with E-state index < -0.39 is 6.10 Å². The number of β-amino-alcohol motifs (C(OH)–C–C–N with tert-alkyl or cyclic N) is 1. The molecule has 8 heteroatoms. The van der Waals surface area contributed by atoms with Gasteiger partial charge in [-0.15, -0.1) is 11.3 Å². The Balaban J connectivity index is 1.03. The predicted octanol–water partition coefficient (Wildman–Crippen LogP) is 3.16. The quantitative estimate of drug-likeness (QED) is 0.501. The lowest BCUT2D eigenvalue weighted by molar-refractivity contribution is -0.123. The van der Waals surface area contributed by atoms with Crippen LogP contribution in [-0.4, -0.2) is 77.8 Å². The largest absolute Gasteiger partial charge is 0.491 e. The molecule has 2 aliphatic rings. The molecular weight excluding hydrogens is 460 g/mol. The number of fused-ring (bicyclic) bond motifs is 2. The highest BCUT2D eigenvalue weighted by molar-refractivity contribution is 7.18. The molecule has 35 heavy (non-hydrogen) atoms. The van der Waals surface area contributed by atoms with Gasteiger partial charge in [-0.05, 0) is 49.4 Å². The molecular formula is C27H34N4O3S. The van der Waals surface area contributed by atoms with E-state index in [1.165, 1.54) is 11.1 Å². The van der Waals surface area contributed by atoms with E-state index in [0.29, 0.717) is 13.1 Å². The van der Waals surface area contributed by atoms with E-state index in [4.69, 9.17) is 4.74 Å². The number of hydrogen-bond acceptors (Lipinski definition) is 7. The van der Waals surface area contributed by atoms with Gasteiger partial charge < -0.3 is 15.2 Å². The lowest BCUT2D eigenvalue weighted by Crippen LogP contribution is -2.51. The van der Waals surface area contributed by atoms with Crippen molar-refractivity contribution in [3.63, 3.8) is 0 Å². The number of amides is 1. The Labute approximate surface area is 210 Å². The van der Waals surface area contributed by atoms with Gasteiger partial charge >= 0.3 is 0 Å². The molecule has 1 aliphatic heterocycles. The minimum absolute atomic E-state index is 0.0980. The Morgan fingerprint density at radius 1 is 1.20 bits per heavy atom. The van der Waals surface area contributed by atoms with Gasteiger partial charge in [0.2, 0.25) is 5.91 Å². The maximum Gasteiger partial charge on any atom is 0.234 e. The Morgan fingerprint density at radius 2 is 2.00 bits per heavy atom. The van der Waals surface area contributed by atoms with Crippen molar-refractivity contribution < 1.29 is 14.6 Å². The zero-order chi connectivity index (χ0) is 24.2. The molecule has 1 fully saturated rings. The molecule has 2 heterocycles. The third-order valence-corrected chi connectivity index (χ3v) is 7.87. The highest BCUT2D eigenvalue weighted by atomic mass is 32.1. The maximum atomic E-state index is 12.7. The Hall–Kier alpha value is -2.52. The van der Waals surface area contributed by atoms with Gasteiger partial charge in [-0.2, -0.15) is 0 Å². The molecule has 1 saturated heterocycles. The normalized spacial score (nSPS) is 19.9. The van der Waals surface area contributed by atoms with Gasteiger partial charge in [0.1, 0.15) is 18.5 Å². The molecule has 7 nitrogen and oxygen atoms in total. The van der Waals surface area contributed by atoms with Crippen LogP contribution in [0.15, 0.2) is 42.5 Å². The summed E-state index contributed by atoms with van der Waals surface area (Å²) in [5.74, 6) is 0.833. The summed E-state index contributed by atoms with van der Waals surface area (Å²) in [5, 5.41) is 14.8. The molecule has 3 aromatic rings. The van der Waals surface area contributed by atoms with Crippen LogP contribution in [0.2, 0.25) is 0 Å². The molecule has 0 unspecified atom stereocenters. The number of nitrogens with zero attached hydrogens (tertiary/aromatic N) is 3. The minimum Gasteiger partial charge on any atom is -0.491 e. The standard InChI is InChI=1S/C27H34N4O3S/c1-19-28-25-15-22(9-10-26(25)35-19)34-18-21(32)16-30-11-13-31(14-12-30)17-27(33)29-24-8-4-6-20-5-2-3-7-23(20)24/h2-3,5,7,9-10,15,21,24,32H,4,6,8,11-14,16-18H2,1H3,(H,29,33)/t21-,24+/m1/s1. The van der Waals surface area contributed by atoms with Crippen molar-refractivity contribution in [2.75, 3.05) is 45.9 Å². The summed E-state index contributed by atoms with van der Waals surface area (Å²) < 4.78 is 6.97. The number of aryl methyl sites for hydroxylation is 2. The van der Waals surface area contributed by atoms with Crippen LogP contribution in [0.1, 0.15) is 35.0 Å². The fourth-order valence-corrected chi connectivity index (χ4v) is 5.94. The summed E-state index contributed by atoms with van der Waals surface area (Å²) in [7, 11) is 0. The van der Waals surface area contributed by atoms with E-state index in [9.17, 15) is 9.90 Å². The second kappa shape index (κ2) is 11.0. The molecule has 0 saturated carbocycles. The first kappa shape index (κ1) is 24.2. The number of aromatic nitrogens is 1. The number of hydrogen-bond donors (Lipinski definition) is 2. The molecule has 2 aromatic carbocycles. The van der Waals surface area contributed by atoms with Crippen molar-refractivity contribution in [1.82, 2.24) is 20.1 Å². The first-order chi connectivity index (χ1) is 17.0. The molecule has 0 radical (unpaired) electrons. The number of benzene rings is 2. The van der Waals surface area contributed by atoms with Gasteiger partial charge in [-0.3, -0.25) is 14.6 Å². The van der Waals surface area contributed by atoms with Crippen LogP contribution in [0.5, 0.6) is 5.75 Å². The van der Waals surface area contributed by atoms with E-state index in [1.54, 1.807) is 11.3 Å². The van der Waals surface area contributed by atoms with Crippen molar-refractivity contribution >= 4 is 27.5 Å². The zero-order valence-corrected chi connectivity index (χ0v) is 21.1. The Kier molecular flexibility index (Phi) is 7.63. The van der Waals surface area contributed by atoms with Gasteiger partial charge in [-0.1, -0.05) is 24.3 Å². The zero-order valence-electron chi connectivity index (χ0n) is 20.3. The summed E-state index contributed by atoms with van der Waals surface area (Å²) in [6, 6.07) is 14.5. The molecule has 186 valence electrons. The van der Waals surface area contributed by atoms with Crippen molar-refractivity contribution in [1.29, 1.82) is 0 Å². The first-order valence-electron chi connectivity index (χ1n) is 12.5. The number of rotatable bonds is 8. The average molecular weight is 495 g/mol. The van der Waals surface area contributed by atoms with Crippen molar-refractivity contribution in [2.24, 2.45) is 0 Å². The number of thiazole rings is 1. The molecule has 1 amide bonds. The summed E-state index contributed by atoms with van der Waals surface area (Å²) in [5.41, 5.74) is 3.57. The molecule has 0 bridgehead atoms. The number of ether oxygens (including phenoxy) is 1. The average Bonchev–Trinajstić information content (AvgIpc) is 3.23. The second-order valence-corrected chi connectivity index (χ2v) is 10.8. The van der Waals surface area contributed by atoms with Gasteiger partial charge in [0.05, 0.1) is 27.8 Å². The lowest BCUT2D eigenvalue weighted by atomic mass is 9.88. The first-order valence-corrected chi connectivity index (χ1v) is 13.3. The third kappa shape index (κ3) is 6.19. The monoisotopic (exact) mass is 494 g/mol. The maximum absolute atomic E-state index is 12.7.